The number of hydrogen-bond acceptors (Lipinski definition) is 4. The molecule has 1 N–H and O–H groups in total. The maximum Gasteiger partial charge on any atom is 0.246 e. The highest BCUT2D eigenvalue weighted by molar-refractivity contribution is 5.78. The summed E-state index contributed by atoms with van der Waals surface area (Å²) in [6.07, 6.45) is 1.94. The fourth-order valence-corrected chi connectivity index (χ4v) is 2.44. The minimum absolute atomic E-state index is 0.00839. The number of carbonyl (C=O) groups is 1. The van der Waals surface area contributed by atoms with E-state index in [0.717, 1.165) is 25.3 Å². The van der Waals surface area contributed by atoms with E-state index in [0.29, 0.717) is 0 Å². The summed E-state index contributed by atoms with van der Waals surface area (Å²) in [5, 5.41) is 2.97. The molecule has 90 valence electrons. The number of pyridine rings is 1. The number of aromatic nitrogens is 1. The summed E-state index contributed by atoms with van der Waals surface area (Å²) < 4.78 is 5.51. The summed E-state index contributed by atoms with van der Waals surface area (Å²) in [6.45, 7) is 2.71. The lowest BCUT2D eigenvalue weighted by Gasteiger charge is -2.25. The number of nitrogens with zero attached hydrogens (tertiary/aromatic N) is 2. The SMILES string of the molecule is O=C1CO[C@H]2CN(Cc3ccccn3)C[C@H]2N1. The second kappa shape index (κ2) is 4.43. The number of rotatable bonds is 2. The molecule has 5 heteroatoms. The Morgan fingerprint density at radius 1 is 1.47 bits per heavy atom. The van der Waals surface area contributed by atoms with Crippen LogP contribution in [0.5, 0.6) is 0 Å². The summed E-state index contributed by atoms with van der Waals surface area (Å²) >= 11 is 0. The molecule has 0 bridgehead atoms. The number of likely N-dealkylation sites (tertiary alicyclic amines) is 1. The Hall–Kier alpha value is -1.46. The van der Waals surface area contributed by atoms with Crippen molar-refractivity contribution in [2.24, 2.45) is 0 Å². The van der Waals surface area contributed by atoms with E-state index >= 15 is 0 Å². The van der Waals surface area contributed by atoms with E-state index in [1.165, 1.54) is 0 Å². The topological polar surface area (TPSA) is 54.5 Å². The fraction of sp³-hybridized carbons (Fsp3) is 0.500. The largest absolute Gasteiger partial charge is 0.365 e. The van der Waals surface area contributed by atoms with Crippen LogP contribution in [0.3, 0.4) is 0 Å². The average Bonchev–Trinajstić information content (AvgIpc) is 2.71. The van der Waals surface area contributed by atoms with Gasteiger partial charge in [0.15, 0.2) is 0 Å². The van der Waals surface area contributed by atoms with E-state index in [2.05, 4.69) is 15.2 Å². The molecule has 2 fully saturated rings. The highest BCUT2D eigenvalue weighted by Crippen LogP contribution is 2.18. The summed E-state index contributed by atoms with van der Waals surface area (Å²) in [5.74, 6) is -0.00839. The van der Waals surface area contributed by atoms with E-state index in [4.69, 9.17) is 4.74 Å². The van der Waals surface area contributed by atoms with Crippen molar-refractivity contribution in [2.45, 2.75) is 18.7 Å². The van der Waals surface area contributed by atoms with Crippen LogP contribution < -0.4 is 5.32 Å². The van der Waals surface area contributed by atoms with Gasteiger partial charge in [-0.15, -0.1) is 0 Å². The van der Waals surface area contributed by atoms with Gasteiger partial charge in [0.2, 0.25) is 5.91 Å². The number of morpholine rings is 1. The first-order valence-corrected chi connectivity index (χ1v) is 5.84. The Morgan fingerprint density at radius 3 is 3.24 bits per heavy atom. The number of carbonyl (C=O) groups excluding carboxylic acids is 1. The number of ether oxygens (including phenoxy) is 1. The summed E-state index contributed by atoms with van der Waals surface area (Å²) in [4.78, 5) is 17.8. The van der Waals surface area contributed by atoms with Gasteiger partial charge in [-0.1, -0.05) is 6.07 Å². The zero-order valence-corrected chi connectivity index (χ0v) is 9.50. The minimum Gasteiger partial charge on any atom is -0.365 e. The molecule has 0 aromatic carbocycles. The van der Waals surface area contributed by atoms with Gasteiger partial charge >= 0.3 is 0 Å². The number of hydrogen-bond donors (Lipinski definition) is 1. The number of fused-ring (bicyclic) bond motifs is 1. The summed E-state index contributed by atoms with van der Waals surface area (Å²) in [6, 6.07) is 6.06. The van der Waals surface area contributed by atoms with Crippen molar-refractivity contribution in [1.29, 1.82) is 0 Å². The molecular weight excluding hydrogens is 218 g/mol. The maximum atomic E-state index is 11.2. The molecular formula is C12H15N3O2. The molecule has 2 aliphatic rings. The van der Waals surface area contributed by atoms with Crippen LogP contribution in [-0.2, 0) is 16.1 Å². The molecule has 0 unspecified atom stereocenters. The molecule has 0 saturated carbocycles. The Labute approximate surface area is 99.8 Å². The smallest absolute Gasteiger partial charge is 0.246 e. The molecule has 1 amide bonds. The second-order valence-electron chi connectivity index (χ2n) is 4.54. The van der Waals surface area contributed by atoms with E-state index in [1.807, 2.05) is 18.2 Å². The Morgan fingerprint density at radius 2 is 2.41 bits per heavy atom. The third kappa shape index (κ3) is 2.30. The number of amides is 1. The van der Waals surface area contributed by atoms with Crippen molar-refractivity contribution < 1.29 is 9.53 Å². The van der Waals surface area contributed by atoms with Crippen LogP contribution in [0.1, 0.15) is 5.69 Å². The molecule has 1 aromatic rings. The van der Waals surface area contributed by atoms with Crippen LogP contribution in [0, 0.1) is 0 Å². The first kappa shape index (κ1) is 10.7. The van der Waals surface area contributed by atoms with Crippen LogP contribution in [0.2, 0.25) is 0 Å². The van der Waals surface area contributed by atoms with Gasteiger partial charge in [-0.2, -0.15) is 0 Å². The summed E-state index contributed by atoms with van der Waals surface area (Å²) in [7, 11) is 0. The predicted molar refractivity (Wildman–Crippen MR) is 61.2 cm³/mol. The third-order valence-electron chi connectivity index (χ3n) is 3.23. The minimum atomic E-state index is -0.00839. The fourth-order valence-electron chi connectivity index (χ4n) is 2.44. The second-order valence-corrected chi connectivity index (χ2v) is 4.54. The average molecular weight is 233 g/mol. The van der Waals surface area contributed by atoms with E-state index in [9.17, 15) is 4.79 Å². The van der Waals surface area contributed by atoms with Gasteiger partial charge in [0.05, 0.1) is 17.8 Å². The van der Waals surface area contributed by atoms with Gasteiger partial charge in [-0.05, 0) is 12.1 Å². The zero-order valence-electron chi connectivity index (χ0n) is 9.50. The lowest BCUT2D eigenvalue weighted by molar-refractivity contribution is -0.134. The highest BCUT2D eigenvalue weighted by Gasteiger charge is 2.37. The number of nitrogens with one attached hydrogen (secondary N) is 1. The zero-order chi connectivity index (χ0) is 11.7. The molecule has 1 aromatic heterocycles. The predicted octanol–water partition coefficient (Wildman–Crippen LogP) is -0.219. The quantitative estimate of drug-likeness (QED) is 0.767. The monoisotopic (exact) mass is 233 g/mol. The van der Waals surface area contributed by atoms with E-state index in [1.54, 1.807) is 6.20 Å². The lowest BCUT2D eigenvalue weighted by atomic mass is 10.2. The van der Waals surface area contributed by atoms with Gasteiger partial charge in [0, 0.05) is 25.8 Å². The van der Waals surface area contributed by atoms with Crippen molar-refractivity contribution in [2.75, 3.05) is 19.7 Å². The van der Waals surface area contributed by atoms with Gasteiger partial charge in [0.1, 0.15) is 6.61 Å². The molecule has 2 saturated heterocycles. The van der Waals surface area contributed by atoms with Crippen molar-refractivity contribution in [3.63, 3.8) is 0 Å². The summed E-state index contributed by atoms with van der Waals surface area (Å²) in [5.41, 5.74) is 1.05. The van der Waals surface area contributed by atoms with Crippen LogP contribution in [0.15, 0.2) is 24.4 Å². The lowest BCUT2D eigenvalue weighted by Crippen LogP contribution is -2.50. The first-order chi connectivity index (χ1) is 8.31. The van der Waals surface area contributed by atoms with E-state index < -0.39 is 0 Å². The molecule has 3 rings (SSSR count). The van der Waals surface area contributed by atoms with Gasteiger partial charge in [0.25, 0.3) is 0 Å². The van der Waals surface area contributed by atoms with E-state index in [-0.39, 0.29) is 24.7 Å². The molecule has 17 heavy (non-hydrogen) atoms. The van der Waals surface area contributed by atoms with Gasteiger partial charge in [-0.25, -0.2) is 0 Å². The van der Waals surface area contributed by atoms with Gasteiger partial charge in [-0.3, -0.25) is 14.7 Å². The third-order valence-corrected chi connectivity index (χ3v) is 3.23. The van der Waals surface area contributed by atoms with Crippen molar-refractivity contribution in [3.05, 3.63) is 30.1 Å². The van der Waals surface area contributed by atoms with Crippen LogP contribution in [-0.4, -0.2) is 47.6 Å². The normalized spacial score (nSPS) is 28.8. The molecule has 5 nitrogen and oxygen atoms in total. The van der Waals surface area contributed by atoms with Crippen molar-refractivity contribution in [1.82, 2.24) is 15.2 Å². The van der Waals surface area contributed by atoms with Crippen molar-refractivity contribution in [3.8, 4) is 0 Å². The molecule has 2 aliphatic heterocycles. The van der Waals surface area contributed by atoms with Crippen molar-refractivity contribution >= 4 is 5.91 Å². The molecule has 2 atom stereocenters. The van der Waals surface area contributed by atoms with Crippen LogP contribution >= 0.6 is 0 Å². The van der Waals surface area contributed by atoms with Crippen LogP contribution in [0.4, 0.5) is 0 Å². The Balaban J connectivity index is 1.62. The van der Waals surface area contributed by atoms with Crippen LogP contribution in [0.25, 0.3) is 0 Å². The Kier molecular flexibility index (Phi) is 2.78. The standard InChI is InChI=1S/C12H15N3O2/c16-12-8-17-11-7-15(6-10(11)14-12)5-9-3-1-2-4-13-9/h1-4,10-11H,5-8H2,(H,14,16)/t10-,11+/m1/s1. The first-order valence-electron chi connectivity index (χ1n) is 5.84. The molecule has 0 spiro atoms. The molecule has 0 aliphatic carbocycles. The Bertz CT molecular complexity index is 409. The molecule has 0 radical (unpaired) electrons. The maximum absolute atomic E-state index is 11.2. The molecule has 3 heterocycles. The van der Waals surface area contributed by atoms with Gasteiger partial charge < -0.3 is 10.1 Å². The highest BCUT2D eigenvalue weighted by atomic mass is 16.5.